The maximum atomic E-state index is 13.2. The Bertz CT molecular complexity index is 578. The second-order valence-corrected chi connectivity index (χ2v) is 5.11. The van der Waals surface area contributed by atoms with E-state index in [9.17, 15) is 9.18 Å². The van der Waals surface area contributed by atoms with E-state index in [1.807, 2.05) is 12.1 Å². The second-order valence-electron chi connectivity index (χ2n) is 3.95. The molecule has 0 saturated heterocycles. The average molecular weight is 355 g/mol. The molecule has 2 aromatic rings. The molecule has 0 fully saturated rings. The SMILES string of the molecule is Cc1cc(F)cc(NC(=O)c2ccccc2I)c1. The Morgan fingerprint density at radius 2 is 1.94 bits per heavy atom. The first-order chi connectivity index (χ1) is 8.56. The van der Waals surface area contributed by atoms with Crippen LogP contribution in [0.3, 0.4) is 0 Å². The topological polar surface area (TPSA) is 29.1 Å². The minimum Gasteiger partial charge on any atom is -0.322 e. The summed E-state index contributed by atoms with van der Waals surface area (Å²) in [6, 6.07) is 11.7. The fourth-order valence-electron chi connectivity index (χ4n) is 1.65. The van der Waals surface area contributed by atoms with E-state index in [4.69, 9.17) is 0 Å². The Hall–Kier alpha value is -1.43. The Balaban J connectivity index is 2.24. The van der Waals surface area contributed by atoms with Gasteiger partial charge in [0.2, 0.25) is 0 Å². The van der Waals surface area contributed by atoms with E-state index in [1.54, 1.807) is 25.1 Å². The van der Waals surface area contributed by atoms with E-state index in [0.717, 1.165) is 9.13 Å². The van der Waals surface area contributed by atoms with Crippen molar-refractivity contribution in [2.75, 3.05) is 5.32 Å². The van der Waals surface area contributed by atoms with Crippen LogP contribution in [0.4, 0.5) is 10.1 Å². The zero-order valence-electron chi connectivity index (χ0n) is 9.71. The summed E-state index contributed by atoms with van der Waals surface area (Å²) < 4.78 is 14.1. The first-order valence-electron chi connectivity index (χ1n) is 5.39. The summed E-state index contributed by atoms with van der Waals surface area (Å²) in [5.74, 6) is -0.585. The quantitative estimate of drug-likeness (QED) is 0.811. The average Bonchev–Trinajstić information content (AvgIpc) is 2.27. The third kappa shape index (κ3) is 3.07. The van der Waals surface area contributed by atoms with Crippen LogP contribution in [0.1, 0.15) is 15.9 Å². The van der Waals surface area contributed by atoms with Gasteiger partial charge in [0.05, 0.1) is 5.56 Å². The molecule has 0 aliphatic heterocycles. The number of rotatable bonds is 2. The first kappa shape index (κ1) is 13.0. The number of hydrogen-bond donors (Lipinski definition) is 1. The number of nitrogens with one attached hydrogen (secondary N) is 1. The van der Waals surface area contributed by atoms with Gasteiger partial charge in [-0.3, -0.25) is 4.79 Å². The molecule has 1 N–H and O–H groups in total. The van der Waals surface area contributed by atoms with E-state index in [0.29, 0.717) is 11.3 Å². The zero-order valence-corrected chi connectivity index (χ0v) is 11.9. The van der Waals surface area contributed by atoms with Crippen molar-refractivity contribution in [3.63, 3.8) is 0 Å². The van der Waals surface area contributed by atoms with Gasteiger partial charge in [0, 0.05) is 9.26 Å². The lowest BCUT2D eigenvalue weighted by Crippen LogP contribution is -2.13. The van der Waals surface area contributed by atoms with Crippen molar-refractivity contribution in [2.24, 2.45) is 0 Å². The molecular formula is C14H11FINO. The molecule has 18 heavy (non-hydrogen) atoms. The Kier molecular flexibility index (Phi) is 3.96. The first-order valence-corrected chi connectivity index (χ1v) is 6.47. The van der Waals surface area contributed by atoms with Crippen LogP contribution in [0.15, 0.2) is 42.5 Å². The number of hydrogen-bond acceptors (Lipinski definition) is 1. The van der Waals surface area contributed by atoms with E-state index in [1.165, 1.54) is 12.1 Å². The van der Waals surface area contributed by atoms with Gasteiger partial charge in [0.15, 0.2) is 0 Å². The van der Waals surface area contributed by atoms with Crippen LogP contribution in [-0.2, 0) is 0 Å². The monoisotopic (exact) mass is 355 g/mol. The lowest BCUT2D eigenvalue weighted by Gasteiger charge is -2.07. The Labute approximate surface area is 118 Å². The normalized spacial score (nSPS) is 10.2. The van der Waals surface area contributed by atoms with Crippen molar-refractivity contribution in [2.45, 2.75) is 6.92 Å². The third-order valence-corrected chi connectivity index (χ3v) is 3.36. The highest BCUT2D eigenvalue weighted by Crippen LogP contribution is 2.17. The van der Waals surface area contributed by atoms with Gasteiger partial charge >= 0.3 is 0 Å². The Morgan fingerprint density at radius 3 is 2.61 bits per heavy atom. The lowest BCUT2D eigenvalue weighted by molar-refractivity contribution is 0.102. The highest BCUT2D eigenvalue weighted by atomic mass is 127. The van der Waals surface area contributed by atoms with Crippen molar-refractivity contribution in [1.82, 2.24) is 0 Å². The summed E-state index contributed by atoms with van der Waals surface area (Å²) in [6.45, 7) is 1.78. The van der Waals surface area contributed by atoms with Crippen molar-refractivity contribution in [3.8, 4) is 0 Å². The van der Waals surface area contributed by atoms with Gasteiger partial charge in [0.1, 0.15) is 5.82 Å². The standard InChI is InChI=1S/C14H11FINO/c1-9-6-10(15)8-11(7-9)17-14(18)12-4-2-3-5-13(12)16/h2-8H,1H3,(H,17,18). The molecule has 0 aliphatic rings. The van der Waals surface area contributed by atoms with Crippen molar-refractivity contribution in [1.29, 1.82) is 0 Å². The molecule has 92 valence electrons. The van der Waals surface area contributed by atoms with Crippen molar-refractivity contribution in [3.05, 3.63) is 63.0 Å². The molecule has 2 aromatic carbocycles. The summed E-state index contributed by atoms with van der Waals surface area (Å²) in [4.78, 5) is 12.0. The highest BCUT2D eigenvalue weighted by molar-refractivity contribution is 14.1. The number of halogens is 2. The Morgan fingerprint density at radius 1 is 1.22 bits per heavy atom. The molecule has 2 rings (SSSR count). The molecule has 0 bridgehead atoms. The van der Waals surface area contributed by atoms with Gasteiger partial charge in [0.25, 0.3) is 5.91 Å². The number of benzene rings is 2. The van der Waals surface area contributed by atoms with Gasteiger partial charge in [-0.25, -0.2) is 4.39 Å². The van der Waals surface area contributed by atoms with Crippen LogP contribution < -0.4 is 5.32 Å². The van der Waals surface area contributed by atoms with Crippen LogP contribution in [0, 0.1) is 16.3 Å². The maximum absolute atomic E-state index is 13.2. The zero-order chi connectivity index (χ0) is 13.1. The molecule has 2 nitrogen and oxygen atoms in total. The highest BCUT2D eigenvalue weighted by Gasteiger charge is 2.09. The van der Waals surface area contributed by atoms with Gasteiger partial charge in [-0.15, -0.1) is 0 Å². The van der Waals surface area contributed by atoms with Crippen LogP contribution in [0.5, 0.6) is 0 Å². The van der Waals surface area contributed by atoms with E-state index >= 15 is 0 Å². The number of carbonyl (C=O) groups excluding carboxylic acids is 1. The lowest BCUT2D eigenvalue weighted by atomic mass is 10.2. The molecule has 0 radical (unpaired) electrons. The smallest absolute Gasteiger partial charge is 0.256 e. The summed E-state index contributed by atoms with van der Waals surface area (Å²) >= 11 is 2.10. The van der Waals surface area contributed by atoms with Crippen molar-refractivity contribution < 1.29 is 9.18 Å². The summed E-state index contributed by atoms with van der Waals surface area (Å²) in [7, 11) is 0. The van der Waals surface area contributed by atoms with E-state index in [2.05, 4.69) is 27.9 Å². The molecule has 0 aromatic heterocycles. The van der Waals surface area contributed by atoms with Gasteiger partial charge in [-0.1, -0.05) is 12.1 Å². The molecule has 1 amide bonds. The fraction of sp³-hybridized carbons (Fsp3) is 0.0714. The number of amides is 1. The summed E-state index contributed by atoms with van der Waals surface area (Å²) in [5, 5.41) is 2.70. The minimum atomic E-state index is -0.354. The largest absolute Gasteiger partial charge is 0.322 e. The summed E-state index contributed by atoms with van der Waals surface area (Å²) in [5.41, 5.74) is 1.82. The molecule has 0 aliphatic carbocycles. The minimum absolute atomic E-state index is 0.231. The van der Waals surface area contributed by atoms with Crippen LogP contribution in [-0.4, -0.2) is 5.91 Å². The molecular weight excluding hydrogens is 344 g/mol. The fourth-order valence-corrected chi connectivity index (χ4v) is 2.28. The van der Waals surface area contributed by atoms with Gasteiger partial charge < -0.3 is 5.32 Å². The predicted molar refractivity (Wildman–Crippen MR) is 78.2 cm³/mol. The third-order valence-electron chi connectivity index (χ3n) is 2.42. The number of carbonyl (C=O) groups is 1. The number of aryl methyl sites for hydroxylation is 1. The van der Waals surface area contributed by atoms with Crippen molar-refractivity contribution >= 4 is 34.2 Å². The number of anilines is 1. The molecule has 0 saturated carbocycles. The predicted octanol–water partition coefficient (Wildman–Crippen LogP) is 3.99. The molecule has 0 unspecified atom stereocenters. The van der Waals surface area contributed by atoms with Crippen LogP contribution in [0.25, 0.3) is 0 Å². The van der Waals surface area contributed by atoms with Crippen LogP contribution >= 0.6 is 22.6 Å². The molecule has 0 atom stereocenters. The molecule has 0 spiro atoms. The van der Waals surface area contributed by atoms with E-state index < -0.39 is 0 Å². The molecule has 4 heteroatoms. The second kappa shape index (κ2) is 5.48. The van der Waals surface area contributed by atoms with Crippen LogP contribution in [0.2, 0.25) is 0 Å². The van der Waals surface area contributed by atoms with Gasteiger partial charge in [-0.05, 0) is 65.4 Å². The molecule has 0 heterocycles. The maximum Gasteiger partial charge on any atom is 0.256 e. The van der Waals surface area contributed by atoms with E-state index in [-0.39, 0.29) is 11.7 Å². The summed E-state index contributed by atoms with van der Waals surface area (Å²) in [6.07, 6.45) is 0. The van der Waals surface area contributed by atoms with Gasteiger partial charge in [-0.2, -0.15) is 0 Å².